The molecule has 0 spiro atoms. The normalized spacial score (nSPS) is 14.1. The van der Waals surface area contributed by atoms with Gasteiger partial charge in [0.1, 0.15) is 6.54 Å². The number of nitrogens with one attached hydrogen (secondary N) is 1. The molecule has 4 rings (SSSR count). The fourth-order valence-electron chi connectivity index (χ4n) is 4.98. The lowest BCUT2D eigenvalue weighted by molar-refractivity contribution is -0.120. The number of hydrogen-bond acceptors (Lipinski definition) is 3. The molecule has 0 fully saturated rings. The van der Waals surface area contributed by atoms with Crippen molar-refractivity contribution in [2.45, 2.75) is 70.7 Å². The first-order chi connectivity index (χ1) is 17.2. The Morgan fingerprint density at radius 3 is 2.22 bits per heavy atom. The molecule has 0 heterocycles. The van der Waals surface area contributed by atoms with Gasteiger partial charge in [-0.25, -0.2) is 8.42 Å². The van der Waals surface area contributed by atoms with E-state index in [0.717, 1.165) is 41.5 Å². The second-order valence-electron chi connectivity index (χ2n) is 9.88. The number of hydrogen-bond donors (Lipinski definition) is 1. The summed E-state index contributed by atoms with van der Waals surface area (Å²) in [6, 6.07) is 18.7. The molecular weight excluding hydrogens is 468 g/mol. The summed E-state index contributed by atoms with van der Waals surface area (Å²) < 4.78 is 28.7. The summed E-state index contributed by atoms with van der Waals surface area (Å²) in [6.45, 7) is 7.50. The van der Waals surface area contributed by atoms with Gasteiger partial charge in [-0.2, -0.15) is 0 Å². The van der Waals surface area contributed by atoms with Crippen LogP contribution in [-0.4, -0.2) is 20.9 Å². The summed E-state index contributed by atoms with van der Waals surface area (Å²) in [4.78, 5) is 13.5. The van der Waals surface area contributed by atoms with Gasteiger partial charge in [0.05, 0.1) is 16.6 Å². The lowest BCUT2D eigenvalue weighted by atomic mass is 9.89. The number of aryl methyl sites for hydroxylation is 5. The number of nitrogens with zero attached hydrogens (tertiary/aromatic N) is 1. The number of carbonyl (C=O) groups excluding carboxylic acids is 1. The van der Waals surface area contributed by atoms with Gasteiger partial charge in [-0.3, -0.25) is 9.10 Å². The minimum absolute atomic E-state index is 0.169. The molecule has 0 aliphatic heterocycles. The largest absolute Gasteiger partial charge is 0.348 e. The third-order valence-corrected chi connectivity index (χ3v) is 8.81. The summed E-state index contributed by atoms with van der Waals surface area (Å²) in [7, 11) is -3.95. The Balaban J connectivity index is 1.62. The van der Waals surface area contributed by atoms with Crippen molar-refractivity contribution < 1.29 is 13.2 Å². The van der Waals surface area contributed by atoms with Crippen LogP contribution in [-0.2, 0) is 27.7 Å². The zero-order valence-corrected chi connectivity index (χ0v) is 22.5. The average Bonchev–Trinajstić information content (AvgIpc) is 2.86. The van der Waals surface area contributed by atoms with Crippen molar-refractivity contribution in [3.63, 3.8) is 0 Å². The SMILES string of the molecule is CCC(NC(=O)CN(c1ccc(C)cc1C)S(=O)(=O)c1ccc(C)cc1)c1ccc2c(c1)CCCC2. The minimum Gasteiger partial charge on any atom is -0.348 e. The smallest absolute Gasteiger partial charge is 0.264 e. The lowest BCUT2D eigenvalue weighted by Crippen LogP contribution is -2.42. The van der Waals surface area contributed by atoms with Gasteiger partial charge in [0.25, 0.3) is 10.0 Å². The van der Waals surface area contributed by atoms with Gasteiger partial charge in [-0.15, -0.1) is 0 Å². The number of rotatable bonds is 8. The van der Waals surface area contributed by atoms with E-state index in [2.05, 4.69) is 23.5 Å². The van der Waals surface area contributed by atoms with Crippen LogP contribution >= 0.6 is 0 Å². The molecule has 0 aromatic heterocycles. The van der Waals surface area contributed by atoms with E-state index >= 15 is 0 Å². The fourth-order valence-corrected chi connectivity index (χ4v) is 6.47. The predicted octanol–water partition coefficient (Wildman–Crippen LogP) is 5.95. The number of sulfonamides is 1. The summed E-state index contributed by atoms with van der Waals surface area (Å²) >= 11 is 0. The Morgan fingerprint density at radius 2 is 1.56 bits per heavy atom. The van der Waals surface area contributed by atoms with Crippen molar-refractivity contribution >= 4 is 21.6 Å². The van der Waals surface area contributed by atoms with Crippen LogP contribution < -0.4 is 9.62 Å². The van der Waals surface area contributed by atoms with Crippen LogP contribution in [0.15, 0.2) is 65.6 Å². The number of benzene rings is 3. The summed E-state index contributed by atoms with van der Waals surface area (Å²) in [6.07, 6.45) is 5.33. The van der Waals surface area contributed by atoms with Crippen molar-refractivity contribution in [2.75, 3.05) is 10.8 Å². The molecule has 190 valence electrons. The number of fused-ring (bicyclic) bond motifs is 1. The van der Waals surface area contributed by atoms with E-state index in [1.165, 1.54) is 28.3 Å². The van der Waals surface area contributed by atoms with Gasteiger partial charge in [-0.05, 0) is 93.3 Å². The molecular formula is C30H36N2O3S. The molecule has 1 unspecified atom stereocenters. The van der Waals surface area contributed by atoms with E-state index in [1.54, 1.807) is 30.3 Å². The number of carbonyl (C=O) groups is 1. The molecule has 3 aromatic rings. The second-order valence-corrected chi connectivity index (χ2v) is 11.7. The molecule has 5 nitrogen and oxygen atoms in total. The molecule has 6 heteroatoms. The number of amides is 1. The molecule has 1 aliphatic rings. The second kappa shape index (κ2) is 10.9. The van der Waals surface area contributed by atoms with Crippen LogP contribution in [0.3, 0.4) is 0 Å². The summed E-state index contributed by atoms with van der Waals surface area (Å²) in [5.74, 6) is -0.324. The van der Waals surface area contributed by atoms with E-state index in [1.807, 2.05) is 39.8 Å². The first kappa shape index (κ1) is 26.0. The van der Waals surface area contributed by atoms with Crippen LogP contribution in [0, 0.1) is 20.8 Å². The van der Waals surface area contributed by atoms with Gasteiger partial charge in [0.2, 0.25) is 5.91 Å². The van der Waals surface area contributed by atoms with E-state index < -0.39 is 10.0 Å². The predicted molar refractivity (Wildman–Crippen MR) is 146 cm³/mol. The fraction of sp³-hybridized carbons (Fsp3) is 0.367. The average molecular weight is 505 g/mol. The van der Waals surface area contributed by atoms with Gasteiger partial charge < -0.3 is 5.32 Å². The number of anilines is 1. The molecule has 1 atom stereocenters. The Kier molecular flexibility index (Phi) is 7.84. The molecule has 0 bridgehead atoms. The molecule has 1 amide bonds. The molecule has 0 radical (unpaired) electrons. The van der Waals surface area contributed by atoms with Crippen LogP contribution in [0.4, 0.5) is 5.69 Å². The van der Waals surface area contributed by atoms with Crippen LogP contribution in [0.5, 0.6) is 0 Å². The highest BCUT2D eigenvalue weighted by molar-refractivity contribution is 7.92. The maximum absolute atomic E-state index is 13.7. The van der Waals surface area contributed by atoms with Crippen LogP contribution in [0.1, 0.15) is 65.6 Å². The third-order valence-electron chi connectivity index (χ3n) is 7.04. The first-order valence-corrected chi connectivity index (χ1v) is 14.2. The van der Waals surface area contributed by atoms with Crippen molar-refractivity contribution in [3.8, 4) is 0 Å². The van der Waals surface area contributed by atoms with Gasteiger partial charge in [-0.1, -0.05) is 60.5 Å². The van der Waals surface area contributed by atoms with Crippen LogP contribution in [0.2, 0.25) is 0 Å². The zero-order valence-electron chi connectivity index (χ0n) is 21.7. The molecule has 0 saturated carbocycles. The van der Waals surface area contributed by atoms with Gasteiger partial charge in [0.15, 0.2) is 0 Å². The van der Waals surface area contributed by atoms with Crippen molar-refractivity contribution in [1.29, 1.82) is 0 Å². The molecule has 36 heavy (non-hydrogen) atoms. The Hall–Kier alpha value is -3.12. The van der Waals surface area contributed by atoms with E-state index in [4.69, 9.17) is 0 Å². The zero-order chi connectivity index (χ0) is 25.9. The van der Waals surface area contributed by atoms with Crippen LogP contribution in [0.25, 0.3) is 0 Å². The molecule has 1 N–H and O–H groups in total. The maximum Gasteiger partial charge on any atom is 0.264 e. The van der Waals surface area contributed by atoms with Crippen molar-refractivity contribution in [1.82, 2.24) is 5.32 Å². The Bertz CT molecular complexity index is 1350. The monoisotopic (exact) mass is 504 g/mol. The minimum atomic E-state index is -3.95. The highest BCUT2D eigenvalue weighted by Gasteiger charge is 2.29. The first-order valence-electron chi connectivity index (χ1n) is 12.8. The Labute approximate surface area is 215 Å². The van der Waals surface area contributed by atoms with Gasteiger partial charge in [0, 0.05) is 0 Å². The maximum atomic E-state index is 13.7. The van der Waals surface area contributed by atoms with E-state index in [-0.39, 0.29) is 23.4 Å². The third kappa shape index (κ3) is 5.65. The molecule has 0 saturated heterocycles. The summed E-state index contributed by atoms with van der Waals surface area (Å²) in [5, 5.41) is 3.11. The van der Waals surface area contributed by atoms with E-state index in [0.29, 0.717) is 5.69 Å². The summed E-state index contributed by atoms with van der Waals surface area (Å²) in [5.41, 5.74) is 7.17. The quantitative estimate of drug-likeness (QED) is 0.412. The molecule has 3 aromatic carbocycles. The van der Waals surface area contributed by atoms with E-state index in [9.17, 15) is 13.2 Å². The van der Waals surface area contributed by atoms with Crippen molar-refractivity contribution in [3.05, 3.63) is 94.0 Å². The molecule has 1 aliphatic carbocycles. The van der Waals surface area contributed by atoms with Crippen molar-refractivity contribution in [2.24, 2.45) is 0 Å². The Morgan fingerprint density at radius 1 is 0.889 bits per heavy atom. The highest BCUT2D eigenvalue weighted by atomic mass is 32.2. The van der Waals surface area contributed by atoms with Gasteiger partial charge >= 0.3 is 0 Å². The topological polar surface area (TPSA) is 66.5 Å². The standard InChI is InChI=1S/C30H36N2O3S/c1-5-28(26-14-13-24-8-6-7-9-25(24)19-26)31-30(33)20-32(29-17-12-22(3)18-23(29)4)36(34,35)27-15-10-21(2)11-16-27/h10-19,28H,5-9,20H2,1-4H3,(H,31,33). The lowest BCUT2D eigenvalue weighted by Gasteiger charge is -2.27. The highest BCUT2D eigenvalue weighted by Crippen LogP contribution is 2.29.